The molecule has 8 aromatic carbocycles. The van der Waals surface area contributed by atoms with E-state index in [0.29, 0.717) is 0 Å². The van der Waals surface area contributed by atoms with Crippen molar-refractivity contribution < 1.29 is 8.83 Å². The zero-order valence-electron chi connectivity index (χ0n) is 36.9. The summed E-state index contributed by atoms with van der Waals surface area (Å²) in [5.74, 6) is 0. The number of hydrogen-bond acceptors (Lipinski definition) is 4. The van der Waals surface area contributed by atoms with Crippen LogP contribution < -0.4 is 26.4 Å². The lowest BCUT2D eigenvalue weighted by atomic mass is 9.35. The molecule has 0 unspecified atom stereocenters. The third-order valence-corrected chi connectivity index (χ3v) is 13.9. The van der Waals surface area contributed by atoms with Crippen molar-refractivity contribution in [3.8, 4) is 5.69 Å². The molecule has 0 N–H and O–H groups in total. The van der Waals surface area contributed by atoms with Gasteiger partial charge in [-0.15, -0.1) is 0 Å². The van der Waals surface area contributed by atoms with Crippen LogP contribution in [-0.2, 0) is 10.8 Å². The van der Waals surface area contributed by atoms with Crippen LogP contribution in [0.3, 0.4) is 0 Å². The Labute approximate surface area is 372 Å². The summed E-state index contributed by atoms with van der Waals surface area (Å²) in [6.07, 6.45) is 0. The van der Waals surface area contributed by atoms with Crippen LogP contribution in [0, 0.1) is 0 Å². The Hall–Kier alpha value is -7.44. The number of para-hydroxylation sites is 4. The molecule has 0 atom stereocenters. The van der Waals surface area contributed by atoms with Crippen molar-refractivity contribution >= 4 is 112 Å². The summed E-state index contributed by atoms with van der Waals surface area (Å²) in [5.41, 5.74) is 18.6. The molecule has 0 amide bonds. The maximum atomic E-state index is 7.54. The van der Waals surface area contributed by atoms with Crippen molar-refractivity contribution in [3.63, 3.8) is 0 Å². The van der Waals surface area contributed by atoms with Crippen molar-refractivity contribution in [2.45, 2.75) is 52.4 Å². The molecular weight excluding hydrogens is 781 g/mol. The van der Waals surface area contributed by atoms with Gasteiger partial charge in [0.05, 0.1) is 39.1 Å². The average Bonchev–Trinajstić information content (AvgIpc) is 3.98. The van der Waals surface area contributed by atoms with E-state index < -0.39 is 0 Å². The van der Waals surface area contributed by atoms with Crippen LogP contribution in [0.1, 0.15) is 52.7 Å². The van der Waals surface area contributed by atoms with Gasteiger partial charge in [-0.3, -0.25) is 0 Å². The summed E-state index contributed by atoms with van der Waals surface area (Å²) in [5, 5.41) is 5.58. The zero-order valence-corrected chi connectivity index (χ0v) is 36.9. The smallest absolute Gasteiger partial charge is 0.297 e. The first-order chi connectivity index (χ1) is 31.0. The van der Waals surface area contributed by atoms with E-state index in [1.807, 2.05) is 12.1 Å². The molecule has 5 heterocycles. The van der Waals surface area contributed by atoms with Crippen LogP contribution >= 0.6 is 0 Å². The van der Waals surface area contributed by atoms with E-state index in [1.165, 1.54) is 43.9 Å². The summed E-state index contributed by atoms with van der Waals surface area (Å²) in [4.78, 5) is 4.98. The summed E-state index contributed by atoms with van der Waals surface area (Å²) in [7, 11) is 0. The molecule has 2 aliphatic rings. The molecule has 0 bridgehead atoms. The molecule has 11 aromatic rings. The molecule has 3 aromatic heterocycles. The number of fused-ring (bicyclic) bond motifs is 13. The molecule has 0 radical (unpaired) electrons. The first kappa shape index (κ1) is 37.1. The van der Waals surface area contributed by atoms with Gasteiger partial charge >= 0.3 is 0 Å². The minimum atomic E-state index is -0.222. The Balaban J connectivity index is 1.16. The lowest BCUT2D eigenvalue weighted by Crippen LogP contribution is -2.61. The second kappa shape index (κ2) is 13.1. The fraction of sp³-hybridized carbons (Fsp3) is 0.138. The number of aromatic nitrogens is 1. The van der Waals surface area contributed by atoms with Gasteiger partial charge in [0.2, 0.25) is 0 Å². The second-order valence-corrected chi connectivity index (χ2v) is 19.7. The van der Waals surface area contributed by atoms with Crippen LogP contribution in [0.2, 0.25) is 0 Å². The monoisotopic (exact) mass is 827 g/mol. The molecule has 6 heteroatoms. The zero-order chi connectivity index (χ0) is 43.2. The first-order valence-corrected chi connectivity index (χ1v) is 22.5. The van der Waals surface area contributed by atoms with Crippen molar-refractivity contribution in [1.29, 1.82) is 0 Å². The van der Waals surface area contributed by atoms with Crippen molar-refractivity contribution in [2.24, 2.45) is 0 Å². The van der Waals surface area contributed by atoms with E-state index in [1.54, 1.807) is 0 Å². The highest BCUT2D eigenvalue weighted by molar-refractivity contribution is 7.00. The quantitative estimate of drug-likeness (QED) is 0.166. The highest BCUT2D eigenvalue weighted by Crippen LogP contribution is 2.50. The van der Waals surface area contributed by atoms with Crippen LogP contribution in [0.5, 0.6) is 0 Å². The van der Waals surface area contributed by atoms with E-state index in [0.717, 1.165) is 78.4 Å². The molecule has 0 spiro atoms. The van der Waals surface area contributed by atoms with E-state index >= 15 is 0 Å². The third-order valence-electron chi connectivity index (χ3n) is 13.9. The lowest BCUT2D eigenvalue weighted by Gasteiger charge is -2.43. The molecule has 2 aliphatic heterocycles. The highest BCUT2D eigenvalue weighted by atomic mass is 16.3. The fourth-order valence-corrected chi connectivity index (χ4v) is 10.8. The Morgan fingerprint density at radius 1 is 0.422 bits per heavy atom. The van der Waals surface area contributed by atoms with E-state index in [2.05, 4.69) is 214 Å². The minimum Gasteiger partial charge on any atom is -0.467 e. The van der Waals surface area contributed by atoms with E-state index in [9.17, 15) is 0 Å². The topological polar surface area (TPSA) is 37.7 Å². The molecule has 308 valence electrons. The van der Waals surface area contributed by atoms with Gasteiger partial charge in [0, 0.05) is 44.3 Å². The van der Waals surface area contributed by atoms with Crippen LogP contribution in [-0.4, -0.2) is 11.3 Å². The number of rotatable bonds is 3. The van der Waals surface area contributed by atoms with Gasteiger partial charge in [-0.25, -0.2) is 0 Å². The molecule has 0 fully saturated rings. The summed E-state index contributed by atoms with van der Waals surface area (Å²) < 4.78 is 16.5. The second-order valence-electron chi connectivity index (χ2n) is 19.7. The van der Waals surface area contributed by atoms with Crippen LogP contribution in [0.25, 0.3) is 60.4 Å². The minimum absolute atomic E-state index is 0.00986. The summed E-state index contributed by atoms with van der Waals surface area (Å²) in [6.45, 7) is 13.4. The van der Waals surface area contributed by atoms with Gasteiger partial charge in [0.1, 0.15) is 16.7 Å². The molecular formula is C58H46BN3O2. The number of nitrogens with zero attached hydrogens (tertiary/aromatic N) is 3. The van der Waals surface area contributed by atoms with E-state index in [4.69, 9.17) is 8.83 Å². The Kier molecular flexibility index (Phi) is 7.58. The predicted octanol–water partition coefficient (Wildman–Crippen LogP) is 14.1. The maximum absolute atomic E-state index is 7.54. The van der Waals surface area contributed by atoms with Gasteiger partial charge in [-0.2, -0.15) is 0 Å². The molecule has 0 aliphatic carbocycles. The van der Waals surface area contributed by atoms with Gasteiger partial charge in [-0.1, -0.05) is 139 Å². The predicted molar refractivity (Wildman–Crippen MR) is 269 cm³/mol. The number of anilines is 6. The van der Waals surface area contributed by atoms with Crippen molar-refractivity contribution in [3.05, 3.63) is 181 Å². The van der Waals surface area contributed by atoms with Gasteiger partial charge in [0.25, 0.3) is 6.71 Å². The normalized spacial score (nSPS) is 13.7. The maximum Gasteiger partial charge on any atom is 0.297 e. The number of benzene rings is 8. The first-order valence-electron chi connectivity index (χ1n) is 22.5. The molecule has 5 nitrogen and oxygen atoms in total. The number of furan rings is 2. The Bertz CT molecular complexity index is 3650. The van der Waals surface area contributed by atoms with Crippen LogP contribution in [0.4, 0.5) is 34.1 Å². The highest BCUT2D eigenvalue weighted by Gasteiger charge is 2.47. The van der Waals surface area contributed by atoms with Gasteiger partial charge < -0.3 is 23.2 Å². The molecule has 64 heavy (non-hydrogen) atoms. The molecule has 0 saturated carbocycles. The summed E-state index contributed by atoms with van der Waals surface area (Å²) in [6, 6.07) is 62.4. The lowest BCUT2D eigenvalue weighted by molar-refractivity contribution is 0.590. The van der Waals surface area contributed by atoms with Crippen molar-refractivity contribution in [1.82, 2.24) is 4.57 Å². The van der Waals surface area contributed by atoms with Gasteiger partial charge in [0.15, 0.2) is 0 Å². The van der Waals surface area contributed by atoms with E-state index in [-0.39, 0.29) is 17.5 Å². The van der Waals surface area contributed by atoms with Gasteiger partial charge in [-0.05, 0) is 106 Å². The summed E-state index contributed by atoms with van der Waals surface area (Å²) >= 11 is 0. The molecule has 0 saturated heterocycles. The number of hydrogen-bond donors (Lipinski definition) is 0. The SMILES string of the molecule is CC(C)(C)c1ccc(N2c3cccc4c3B(c3cccc(-n5c6ccccc6c6ccccc65)c32)c2oc3c(ccc5oc6ccccc6c53)c2N4c2ccc(C(C)(C)C)cc2)cc1. The molecule has 13 rings (SSSR count). The van der Waals surface area contributed by atoms with Crippen LogP contribution in [0.15, 0.2) is 179 Å². The average molecular weight is 828 g/mol. The van der Waals surface area contributed by atoms with Crippen molar-refractivity contribution in [2.75, 3.05) is 9.80 Å². The Morgan fingerprint density at radius 3 is 1.56 bits per heavy atom. The largest absolute Gasteiger partial charge is 0.467 e. The third kappa shape index (κ3) is 5.14. The Morgan fingerprint density at radius 2 is 0.953 bits per heavy atom. The fourth-order valence-electron chi connectivity index (χ4n) is 10.8. The standard InChI is InChI=1S/C58H46BN3O2/c1-57(2,3)35-25-29-37(30-26-35)60-46-21-14-22-47-52(46)59(56-53(60)42-33-34-50-51(55(42)64-56)41-17-9-12-24-49(41)63-50)43-18-13-23-48(54(43)61(47)38-31-27-36(28-32-38)58(4,5)6)62-44-19-10-7-15-39(44)40-16-8-11-20-45(40)62/h7-34H,1-6H3.